The molecule has 0 aromatic carbocycles. The first-order valence-corrected chi connectivity index (χ1v) is 5.61. The van der Waals surface area contributed by atoms with Crippen molar-refractivity contribution >= 4 is 5.71 Å². The van der Waals surface area contributed by atoms with Gasteiger partial charge in [0.25, 0.3) is 0 Å². The van der Waals surface area contributed by atoms with Gasteiger partial charge in [-0.05, 0) is 33.1 Å². The number of hydrogen-bond donors (Lipinski definition) is 1. The van der Waals surface area contributed by atoms with Gasteiger partial charge >= 0.3 is 0 Å². The van der Waals surface area contributed by atoms with Crippen molar-refractivity contribution in [3.63, 3.8) is 0 Å². The van der Waals surface area contributed by atoms with Gasteiger partial charge < -0.3 is 5.11 Å². The molecule has 0 bridgehead atoms. The number of rotatable bonds is 5. The van der Waals surface area contributed by atoms with Crippen LogP contribution in [0.4, 0.5) is 0 Å². The first kappa shape index (κ1) is 18.3. The fourth-order valence-electron chi connectivity index (χ4n) is 1.77. The Bertz CT molecular complexity index is 202. The summed E-state index contributed by atoms with van der Waals surface area (Å²) in [7, 11) is 0. The molecule has 0 spiro atoms. The van der Waals surface area contributed by atoms with Gasteiger partial charge in [-0.3, -0.25) is 4.99 Å². The van der Waals surface area contributed by atoms with Gasteiger partial charge in [-0.2, -0.15) is 0 Å². The molecule has 0 fully saturated rings. The normalized spacial score (nSPS) is 16.5. The zero-order chi connectivity index (χ0) is 11.4. The van der Waals surface area contributed by atoms with E-state index >= 15 is 0 Å². The number of aliphatic hydroxyl groups is 1. The molecule has 0 saturated carbocycles. The molecule has 0 heterocycles. The van der Waals surface area contributed by atoms with Crippen molar-refractivity contribution in [3.05, 3.63) is 0 Å². The summed E-state index contributed by atoms with van der Waals surface area (Å²) in [6.45, 7) is 12.2. The van der Waals surface area contributed by atoms with Gasteiger partial charge in [0, 0.05) is 52.1 Å². The average Bonchev–Trinajstić information content (AvgIpc) is 2.02. The van der Waals surface area contributed by atoms with Crippen molar-refractivity contribution in [2.24, 2.45) is 10.9 Å². The maximum absolute atomic E-state index is 10.5. The van der Waals surface area contributed by atoms with Gasteiger partial charge in [-0.1, -0.05) is 27.2 Å². The summed E-state index contributed by atoms with van der Waals surface area (Å²) < 4.78 is 0. The van der Waals surface area contributed by atoms with Gasteiger partial charge in [-0.25, -0.2) is 0 Å². The van der Waals surface area contributed by atoms with Gasteiger partial charge in [0.15, 0.2) is 0 Å². The summed E-state index contributed by atoms with van der Waals surface area (Å²) in [5.74, 6) is 0.227. The second kappa shape index (κ2) is 8.12. The van der Waals surface area contributed by atoms with Crippen LogP contribution in [0.25, 0.3) is 0 Å². The minimum atomic E-state index is -0.709. The van der Waals surface area contributed by atoms with Crippen molar-refractivity contribution in [1.82, 2.24) is 0 Å². The van der Waals surface area contributed by atoms with Crippen LogP contribution < -0.4 is 0 Å². The number of aliphatic imine (C=N–C) groups is 1. The van der Waals surface area contributed by atoms with E-state index in [0.29, 0.717) is 0 Å². The number of hydrogen-bond acceptors (Lipinski definition) is 2. The molecule has 0 aromatic heterocycles. The van der Waals surface area contributed by atoms with Crippen LogP contribution in [0.1, 0.15) is 54.4 Å². The molecule has 2 nitrogen and oxygen atoms in total. The van der Waals surface area contributed by atoms with Crippen molar-refractivity contribution in [2.75, 3.05) is 0 Å². The van der Waals surface area contributed by atoms with Crippen molar-refractivity contribution < 1.29 is 45.5 Å². The third kappa shape index (κ3) is 5.73. The predicted octanol–water partition coefficient (Wildman–Crippen LogP) is 3.04. The zero-order valence-corrected chi connectivity index (χ0v) is 13.5. The average molecular weight is 350 g/mol. The molecule has 90 valence electrons. The molecule has 0 aromatic rings. The van der Waals surface area contributed by atoms with Crippen LogP contribution in [0.2, 0.25) is 0 Å². The smallest absolute Gasteiger partial charge is 0.104 e. The van der Waals surface area contributed by atoms with Crippen molar-refractivity contribution in [2.45, 2.75) is 66.0 Å². The van der Waals surface area contributed by atoms with Crippen molar-refractivity contribution in [1.29, 1.82) is 0 Å². The Balaban J connectivity index is 0. The third-order valence-corrected chi connectivity index (χ3v) is 2.66. The fraction of sp³-hybridized carbons (Fsp3) is 0.917. The van der Waals surface area contributed by atoms with Crippen LogP contribution in [0, 0.1) is 46.3 Å². The molecule has 0 aliphatic rings. The zero-order valence-electron chi connectivity index (χ0n) is 10.9. The van der Waals surface area contributed by atoms with E-state index < -0.39 is 5.60 Å². The Morgan fingerprint density at radius 3 is 2.00 bits per heavy atom. The molecule has 1 N–H and O–H groups in total. The number of nitrogens with zero attached hydrogens (tertiary/aromatic N) is 1. The Morgan fingerprint density at radius 1 is 1.27 bits per heavy atom. The van der Waals surface area contributed by atoms with E-state index in [2.05, 4.69) is 25.8 Å². The van der Waals surface area contributed by atoms with E-state index in [0.717, 1.165) is 18.6 Å². The second-order valence-corrected chi connectivity index (χ2v) is 4.64. The van der Waals surface area contributed by atoms with Crippen LogP contribution in [0.5, 0.6) is 0 Å². The third-order valence-electron chi connectivity index (χ3n) is 2.66. The summed E-state index contributed by atoms with van der Waals surface area (Å²) in [5.41, 5.74) is 0.170. The second-order valence-electron chi connectivity index (χ2n) is 4.64. The van der Waals surface area contributed by atoms with Crippen LogP contribution in [0.15, 0.2) is 4.99 Å². The Labute approximate surface area is 127 Å². The fourth-order valence-corrected chi connectivity index (χ4v) is 1.77. The van der Waals surface area contributed by atoms with Crippen LogP contribution in [0.3, 0.4) is 0 Å². The Kier molecular flexibility index (Phi) is 9.92. The molecule has 0 rings (SSSR count). The van der Waals surface area contributed by atoms with Gasteiger partial charge in [-0.15, -0.1) is 0 Å². The SMILES string of the molecule is CCCC(O)(C(C)=NC(C)C)C(C)C.[Sm]. The van der Waals surface area contributed by atoms with E-state index in [1.807, 2.05) is 20.8 Å². The van der Waals surface area contributed by atoms with Crippen molar-refractivity contribution in [3.8, 4) is 0 Å². The molecular weight excluding hydrogens is 324 g/mol. The molecule has 1 atom stereocenters. The van der Waals surface area contributed by atoms with Gasteiger partial charge in [0.1, 0.15) is 5.60 Å². The molecular formula is C12H25NOSm. The first-order valence-electron chi connectivity index (χ1n) is 5.61. The van der Waals surface area contributed by atoms with Crippen LogP contribution in [-0.2, 0) is 0 Å². The molecule has 0 amide bonds. The summed E-state index contributed by atoms with van der Waals surface area (Å²) in [5, 5.41) is 10.5. The Hall–Kier alpha value is 0.968. The van der Waals surface area contributed by atoms with Crippen LogP contribution in [-0.4, -0.2) is 22.5 Å². The topological polar surface area (TPSA) is 32.6 Å². The minimum absolute atomic E-state index is 0. The maximum Gasteiger partial charge on any atom is 0.104 e. The monoisotopic (exact) mass is 351 g/mol. The standard InChI is InChI=1S/C12H25NO.Sm/c1-7-8-12(14,9(2)3)11(6)13-10(4)5;/h9-10,14H,7-8H2,1-6H3;. The minimum Gasteiger partial charge on any atom is -0.384 e. The quantitative estimate of drug-likeness (QED) is 0.760. The van der Waals surface area contributed by atoms with Gasteiger partial charge in [0.2, 0.25) is 0 Å². The van der Waals surface area contributed by atoms with E-state index in [9.17, 15) is 5.11 Å². The van der Waals surface area contributed by atoms with Crippen LogP contribution >= 0.6 is 0 Å². The molecule has 15 heavy (non-hydrogen) atoms. The maximum atomic E-state index is 10.5. The largest absolute Gasteiger partial charge is 0.384 e. The molecule has 0 radical (unpaired) electrons. The molecule has 0 aliphatic heterocycles. The Morgan fingerprint density at radius 2 is 1.73 bits per heavy atom. The van der Waals surface area contributed by atoms with E-state index in [-0.39, 0.29) is 52.3 Å². The van der Waals surface area contributed by atoms with E-state index in [1.165, 1.54) is 0 Å². The predicted molar refractivity (Wildman–Crippen MR) is 62.9 cm³/mol. The summed E-state index contributed by atoms with van der Waals surface area (Å²) in [6.07, 6.45) is 1.78. The first-order chi connectivity index (χ1) is 6.34. The molecule has 3 heteroatoms. The van der Waals surface area contributed by atoms with E-state index in [4.69, 9.17) is 0 Å². The molecule has 0 aliphatic carbocycles. The summed E-state index contributed by atoms with van der Waals surface area (Å²) >= 11 is 0. The van der Waals surface area contributed by atoms with Gasteiger partial charge in [0.05, 0.1) is 0 Å². The molecule has 0 saturated heterocycles. The summed E-state index contributed by atoms with van der Waals surface area (Å²) in [4.78, 5) is 4.46. The van der Waals surface area contributed by atoms with E-state index in [1.54, 1.807) is 0 Å². The summed E-state index contributed by atoms with van der Waals surface area (Å²) in [6, 6.07) is 0.261. The molecule has 1 unspecified atom stereocenters.